The van der Waals surface area contributed by atoms with Gasteiger partial charge in [0.2, 0.25) is 0 Å². The summed E-state index contributed by atoms with van der Waals surface area (Å²) in [6, 6.07) is 0. The van der Waals surface area contributed by atoms with Crippen molar-refractivity contribution in [1.29, 1.82) is 0 Å². The first-order valence-electron chi connectivity index (χ1n) is 2.90. The van der Waals surface area contributed by atoms with Gasteiger partial charge in [-0.2, -0.15) is 0 Å². The van der Waals surface area contributed by atoms with Gasteiger partial charge < -0.3 is 4.74 Å². The minimum Gasteiger partial charge on any atom is -0.465 e. The maximum Gasteiger partial charge on any atom is 0.302 e. The Balaban J connectivity index is 3.49. The minimum absolute atomic E-state index is 0.123. The molecule has 0 aliphatic carbocycles. The van der Waals surface area contributed by atoms with Crippen LogP contribution in [0.4, 0.5) is 0 Å². The Hall–Kier alpha value is -0.510. The number of hydrogen-bond acceptors (Lipinski definition) is 3. The van der Waals surface area contributed by atoms with E-state index in [1.807, 2.05) is 0 Å². The second-order valence-corrected chi connectivity index (χ2v) is 2.48. The quantitative estimate of drug-likeness (QED) is 0.489. The first-order chi connectivity index (χ1) is 4.54. The highest BCUT2D eigenvalue weighted by molar-refractivity contribution is 7.96. The standard InChI is InChI=1S/C6H10O3S/c1-4(6(8)10)3-9-5(2)7/h4H,3H2,1-2H3,(H,8,10). The molecule has 10 heavy (non-hydrogen) atoms. The van der Waals surface area contributed by atoms with Gasteiger partial charge >= 0.3 is 5.97 Å². The van der Waals surface area contributed by atoms with Crippen molar-refractivity contribution in [3.63, 3.8) is 0 Å². The van der Waals surface area contributed by atoms with Crippen LogP contribution in [0, 0.1) is 5.92 Å². The largest absolute Gasteiger partial charge is 0.465 e. The average Bonchev–Trinajstić information content (AvgIpc) is 1.82. The molecule has 0 aliphatic heterocycles. The van der Waals surface area contributed by atoms with Crippen LogP contribution in [0.2, 0.25) is 0 Å². The lowest BCUT2D eigenvalue weighted by Crippen LogP contribution is -2.14. The van der Waals surface area contributed by atoms with Crippen molar-refractivity contribution in [3.8, 4) is 0 Å². The van der Waals surface area contributed by atoms with Crippen molar-refractivity contribution in [3.05, 3.63) is 0 Å². The van der Waals surface area contributed by atoms with Crippen molar-refractivity contribution in [1.82, 2.24) is 0 Å². The smallest absolute Gasteiger partial charge is 0.302 e. The molecule has 4 heteroatoms. The van der Waals surface area contributed by atoms with E-state index in [1.165, 1.54) is 6.92 Å². The third-order valence-electron chi connectivity index (χ3n) is 0.958. The molecule has 58 valence electrons. The van der Waals surface area contributed by atoms with Crippen LogP contribution in [0.25, 0.3) is 0 Å². The van der Waals surface area contributed by atoms with Crippen LogP contribution in [0.1, 0.15) is 13.8 Å². The number of carbonyl (C=O) groups is 2. The Morgan fingerprint density at radius 1 is 1.60 bits per heavy atom. The number of esters is 1. The van der Waals surface area contributed by atoms with E-state index < -0.39 is 0 Å². The summed E-state index contributed by atoms with van der Waals surface area (Å²) in [6.07, 6.45) is 0. The van der Waals surface area contributed by atoms with Gasteiger partial charge in [0.25, 0.3) is 0 Å². The topological polar surface area (TPSA) is 43.4 Å². The van der Waals surface area contributed by atoms with Crippen LogP contribution >= 0.6 is 12.6 Å². The fraction of sp³-hybridized carbons (Fsp3) is 0.667. The van der Waals surface area contributed by atoms with Crippen molar-refractivity contribution in [2.24, 2.45) is 5.92 Å². The fourth-order valence-corrected chi connectivity index (χ4v) is 0.388. The number of carbonyl (C=O) groups excluding carboxylic acids is 2. The summed E-state index contributed by atoms with van der Waals surface area (Å²) in [5, 5.41) is -0.263. The number of rotatable bonds is 3. The zero-order chi connectivity index (χ0) is 8.15. The molecule has 3 nitrogen and oxygen atoms in total. The molecule has 1 atom stereocenters. The number of thiol groups is 1. The molecule has 0 aromatic rings. The summed E-state index contributed by atoms with van der Waals surface area (Å²) in [5.41, 5.74) is 0. The summed E-state index contributed by atoms with van der Waals surface area (Å²) in [6.45, 7) is 3.08. The van der Waals surface area contributed by atoms with Gasteiger partial charge in [-0.3, -0.25) is 9.59 Å². The molecule has 0 rings (SSSR count). The van der Waals surface area contributed by atoms with Crippen LogP contribution in [0.15, 0.2) is 0 Å². The molecule has 1 unspecified atom stereocenters. The predicted octanol–water partition coefficient (Wildman–Crippen LogP) is 0.642. The Morgan fingerprint density at radius 2 is 2.10 bits per heavy atom. The van der Waals surface area contributed by atoms with E-state index in [1.54, 1.807) is 6.92 Å². The van der Waals surface area contributed by atoms with Crippen LogP contribution < -0.4 is 0 Å². The molecule has 0 fully saturated rings. The van der Waals surface area contributed by atoms with Gasteiger partial charge in [0.05, 0.1) is 5.92 Å². The Kier molecular flexibility index (Phi) is 4.11. The van der Waals surface area contributed by atoms with Crippen LogP contribution in [0.3, 0.4) is 0 Å². The van der Waals surface area contributed by atoms with E-state index in [9.17, 15) is 9.59 Å². The Bertz CT molecular complexity index is 144. The summed E-state index contributed by atoms with van der Waals surface area (Å²) in [5.74, 6) is -0.686. The molecule has 0 aliphatic rings. The normalized spacial score (nSPS) is 12.3. The molecule has 0 saturated carbocycles. The second kappa shape index (κ2) is 4.33. The SMILES string of the molecule is CC(=O)OCC(C)C(=O)S. The van der Waals surface area contributed by atoms with Crippen LogP contribution in [-0.2, 0) is 14.3 Å². The van der Waals surface area contributed by atoms with Crippen LogP contribution in [0.5, 0.6) is 0 Å². The molecular formula is C6H10O3S. The average molecular weight is 162 g/mol. The number of ether oxygens (including phenoxy) is 1. The first-order valence-corrected chi connectivity index (χ1v) is 3.35. The van der Waals surface area contributed by atoms with Gasteiger partial charge in [-0.15, -0.1) is 12.6 Å². The first kappa shape index (κ1) is 9.49. The lowest BCUT2D eigenvalue weighted by atomic mass is 10.2. The lowest BCUT2D eigenvalue weighted by molar-refractivity contribution is -0.142. The fourth-order valence-electron chi connectivity index (χ4n) is 0.314. The predicted molar refractivity (Wildman–Crippen MR) is 39.8 cm³/mol. The summed E-state index contributed by atoms with van der Waals surface area (Å²) in [7, 11) is 0. The van der Waals surface area contributed by atoms with Gasteiger partial charge in [-0.05, 0) is 0 Å². The summed E-state index contributed by atoms with van der Waals surface area (Å²) >= 11 is 3.57. The van der Waals surface area contributed by atoms with Crippen molar-refractivity contribution in [2.45, 2.75) is 13.8 Å². The lowest BCUT2D eigenvalue weighted by Gasteiger charge is -2.05. The van der Waals surface area contributed by atoms with Crippen molar-refractivity contribution < 1.29 is 14.3 Å². The molecule has 0 spiro atoms. The monoisotopic (exact) mass is 162 g/mol. The minimum atomic E-state index is -0.374. The summed E-state index contributed by atoms with van der Waals surface area (Å²) < 4.78 is 4.56. The highest BCUT2D eigenvalue weighted by atomic mass is 32.1. The second-order valence-electron chi connectivity index (χ2n) is 2.04. The van der Waals surface area contributed by atoms with E-state index in [0.29, 0.717) is 0 Å². The van der Waals surface area contributed by atoms with Gasteiger partial charge in [0.1, 0.15) is 6.61 Å². The number of hydrogen-bond donors (Lipinski definition) is 1. The van der Waals surface area contributed by atoms with Crippen molar-refractivity contribution >= 4 is 23.7 Å². The molecule has 0 saturated heterocycles. The molecule has 0 aromatic heterocycles. The van der Waals surface area contributed by atoms with Crippen molar-refractivity contribution in [2.75, 3.05) is 6.61 Å². The van der Waals surface area contributed by atoms with E-state index >= 15 is 0 Å². The molecular weight excluding hydrogens is 152 g/mol. The highest BCUT2D eigenvalue weighted by Crippen LogP contribution is 2.00. The maximum absolute atomic E-state index is 10.4. The van der Waals surface area contributed by atoms with Gasteiger partial charge in [-0.25, -0.2) is 0 Å². The summed E-state index contributed by atoms with van der Waals surface area (Å²) in [4.78, 5) is 20.6. The maximum atomic E-state index is 10.4. The molecule has 0 aromatic carbocycles. The van der Waals surface area contributed by atoms with Gasteiger partial charge in [0.15, 0.2) is 5.12 Å². The van der Waals surface area contributed by atoms with E-state index in [2.05, 4.69) is 17.4 Å². The van der Waals surface area contributed by atoms with E-state index in [4.69, 9.17) is 0 Å². The van der Waals surface area contributed by atoms with Gasteiger partial charge in [0, 0.05) is 6.92 Å². The van der Waals surface area contributed by atoms with E-state index in [-0.39, 0.29) is 23.6 Å². The zero-order valence-electron chi connectivity index (χ0n) is 5.96. The van der Waals surface area contributed by atoms with Gasteiger partial charge in [-0.1, -0.05) is 6.92 Å². The molecule has 0 heterocycles. The molecule has 0 amide bonds. The molecule has 0 bridgehead atoms. The Labute approximate surface area is 65.2 Å². The third-order valence-corrected chi connectivity index (χ3v) is 1.40. The molecule has 0 radical (unpaired) electrons. The zero-order valence-corrected chi connectivity index (χ0v) is 6.85. The van der Waals surface area contributed by atoms with Crippen LogP contribution in [-0.4, -0.2) is 17.7 Å². The highest BCUT2D eigenvalue weighted by Gasteiger charge is 2.09. The third kappa shape index (κ3) is 4.38. The molecule has 0 N–H and O–H groups in total. The van der Waals surface area contributed by atoms with E-state index in [0.717, 1.165) is 0 Å². The Morgan fingerprint density at radius 3 is 2.40 bits per heavy atom.